The van der Waals surface area contributed by atoms with Crippen LogP contribution in [0.3, 0.4) is 0 Å². The third-order valence-corrected chi connectivity index (χ3v) is 3.35. The van der Waals surface area contributed by atoms with Gasteiger partial charge in [0, 0.05) is 7.05 Å². The lowest BCUT2D eigenvalue weighted by molar-refractivity contribution is -0.153. The number of nitrogens with zero attached hydrogens (tertiary/aromatic N) is 1. The van der Waals surface area contributed by atoms with Crippen LogP contribution in [0.4, 0.5) is 0 Å². The Bertz CT molecular complexity index is 468. The van der Waals surface area contributed by atoms with Crippen molar-refractivity contribution in [2.24, 2.45) is 5.41 Å². The maximum absolute atomic E-state index is 12.0. The van der Waals surface area contributed by atoms with Crippen LogP contribution in [0.25, 0.3) is 0 Å². The molecule has 0 atom stereocenters. The van der Waals surface area contributed by atoms with E-state index in [0.717, 1.165) is 5.75 Å². The summed E-state index contributed by atoms with van der Waals surface area (Å²) >= 11 is 0. The zero-order valence-electron chi connectivity index (χ0n) is 10.8. The minimum atomic E-state index is -1.17. The predicted molar refractivity (Wildman–Crippen MR) is 68.9 cm³/mol. The van der Waals surface area contributed by atoms with Gasteiger partial charge >= 0.3 is 5.97 Å². The highest BCUT2D eigenvalue weighted by atomic mass is 16.5. The molecule has 1 fully saturated rings. The Balaban J connectivity index is 1.80. The summed E-state index contributed by atoms with van der Waals surface area (Å²) in [5.41, 5.74) is -1.17. The van der Waals surface area contributed by atoms with Crippen LogP contribution >= 0.6 is 0 Å². The number of hydrogen-bond donors (Lipinski definition) is 1. The zero-order chi connectivity index (χ0) is 13.9. The Labute approximate surface area is 111 Å². The van der Waals surface area contributed by atoms with Crippen molar-refractivity contribution in [3.63, 3.8) is 0 Å². The number of carbonyl (C=O) groups is 2. The lowest BCUT2D eigenvalue weighted by atomic mass is 10.1. The van der Waals surface area contributed by atoms with E-state index in [4.69, 9.17) is 9.84 Å². The van der Waals surface area contributed by atoms with Crippen LogP contribution in [-0.4, -0.2) is 42.1 Å². The van der Waals surface area contributed by atoms with E-state index >= 15 is 0 Å². The summed E-state index contributed by atoms with van der Waals surface area (Å²) in [5.74, 6) is -0.604. The highest BCUT2D eigenvalue weighted by Crippen LogP contribution is 2.47. The van der Waals surface area contributed by atoms with Crippen molar-refractivity contribution >= 4 is 11.9 Å². The third kappa shape index (κ3) is 2.86. The van der Waals surface area contributed by atoms with E-state index in [0.29, 0.717) is 26.0 Å². The van der Waals surface area contributed by atoms with Gasteiger partial charge in [-0.25, -0.2) is 0 Å². The van der Waals surface area contributed by atoms with Crippen LogP contribution in [-0.2, 0) is 9.59 Å². The highest BCUT2D eigenvalue weighted by Gasteiger charge is 2.58. The quantitative estimate of drug-likeness (QED) is 0.788. The lowest BCUT2D eigenvalue weighted by Gasteiger charge is -2.21. The summed E-state index contributed by atoms with van der Waals surface area (Å²) in [7, 11) is 1.61. The number of aliphatic carboxylic acids is 1. The van der Waals surface area contributed by atoms with Crippen molar-refractivity contribution in [2.45, 2.75) is 12.8 Å². The summed E-state index contributed by atoms with van der Waals surface area (Å²) in [5, 5.41) is 9.05. The molecule has 1 aromatic carbocycles. The maximum Gasteiger partial charge on any atom is 0.319 e. The molecule has 102 valence electrons. The highest BCUT2D eigenvalue weighted by molar-refractivity contribution is 6.04. The first-order valence-electron chi connectivity index (χ1n) is 6.23. The van der Waals surface area contributed by atoms with Gasteiger partial charge in [-0.15, -0.1) is 0 Å². The van der Waals surface area contributed by atoms with Gasteiger partial charge in [0.2, 0.25) is 5.91 Å². The fourth-order valence-electron chi connectivity index (χ4n) is 1.93. The topological polar surface area (TPSA) is 66.8 Å². The SMILES string of the molecule is CN(CCOc1ccccc1)C(=O)C1(C(=O)O)CC1. The monoisotopic (exact) mass is 263 g/mol. The van der Waals surface area contributed by atoms with Crippen LogP contribution in [0.15, 0.2) is 30.3 Å². The van der Waals surface area contributed by atoms with Gasteiger partial charge in [0.25, 0.3) is 0 Å². The van der Waals surface area contributed by atoms with E-state index in [-0.39, 0.29) is 5.91 Å². The summed E-state index contributed by atoms with van der Waals surface area (Å²) in [6.07, 6.45) is 0.871. The van der Waals surface area contributed by atoms with Gasteiger partial charge in [-0.3, -0.25) is 9.59 Å². The molecule has 1 amide bonds. The van der Waals surface area contributed by atoms with E-state index in [1.165, 1.54) is 4.90 Å². The maximum atomic E-state index is 12.0. The minimum Gasteiger partial charge on any atom is -0.492 e. The Morgan fingerprint density at radius 3 is 2.47 bits per heavy atom. The smallest absolute Gasteiger partial charge is 0.319 e. The number of carbonyl (C=O) groups excluding carboxylic acids is 1. The first kappa shape index (κ1) is 13.4. The van der Waals surface area contributed by atoms with Crippen molar-refractivity contribution in [1.82, 2.24) is 4.90 Å². The molecule has 0 spiro atoms. The second kappa shape index (κ2) is 5.30. The molecular weight excluding hydrogens is 246 g/mol. The minimum absolute atomic E-state index is 0.323. The fraction of sp³-hybridized carbons (Fsp3) is 0.429. The summed E-state index contributed by atoms with van der Waals surface area (Å²) in [6.45, 7) is 0.727. The van der Waals surface area contributed by atoms with Gasteiger partial charge in [0.05, 0.1) is 6.54 Å². The summed E-state index contributed by atoms with van der Waals surface area (Å²) in [4.78, 5) is 24.5. The van der Waals surface area contributed by atoms with E-state index in [2.05, 4.69) is 0 Å². The van der Waals surface area contributed by atoms with Gasteiger partial charge in [-0.2, -0.15) is 0 Å². The molecule has 0 aliphatic heterocycles. The van der Waals surface area contributed by atoms with Gasteiger partial charge in [0.1, 0.15) is 17.8 Å². The molecule has 19 heavy (non-hydrogen) atoms. The van der Waals surface area contributed by atoms with E-state index in [1.54, 1.807) is 7.05 Å². The number of ether oxygens (including phenoxy) is 1. The number of likely N-dealkylation sites (N-methyl/N-ethyl adjacent to an activating group) is 1. The average Bonchev–Trinajstić information content (AvgIpc) is 3.20. The number of para-hydroxylation sites is 1. The zero-order valence-corrected chi connectivity index (χ0v) is 10.8. The molecule has 1 aromatic rings. The lowest BCUT2D eigenvalue weighted by Crippen LogP contribution is -2.40. The second-order valence-electron chi connectivity index (χ2n) is 4.78. The number of carboxylic acids is 1. The number of hydrogen-bond acceptors (Lipinski definition) is 3. The van der Waals surface area contributed by atoms with Crippen molar-refractivity contribution in [2.75, 3.05) is 20.2 Å². The molecule has 5 nitrogen and oxygen atoms in total. The molecular formula is C14H17NO4. The molecule has 0 aromatic heterocycles. The van der Waals surface area contributed by atoms with Crippen LogP contribution < -0.4 is 4.74 Å². The van der Waals surface area contributed by atoms with Gasteiger partial charge in [0.15, 0.2) is 0 Å². The normalized spacial score (nSPS) is 15.6. The Kier molecular flexibility index (Phi) is 3.74. The molecule has 0 heterocycles. The van der Waals surface area contributed by atoms with E-state index < -0.39 is 11.4 Å². The predicted octanol–water partition coefficient (Wildman–Crippen LogP) is 1.39. The first-order valence-corrected chi connectivity index (χ1v) is 6.23. The van der Waals surface area contributed by atoms with Gasteiger partial charge in [-0.05, 0) is 25.0 Å². The van der Waals surface area contributed by atoms with E-state index in [9.17, 15) is 9.59 Å². The number of amides is 1. The van der Waals surface area contributed by atoms with Crippen molar-refractivity contribution < 1.29 is 19.4 Å². The molecule has 5 heteroatoms. The standard InChI is InChI=1S/C14H17NO4/c1-15(12(16)14(7-8-14)13(17)18)9-10-19-11-5-3-2-4-6-11/h2-6H,7-10H2,1H3,(H,17,18). The largest absolute Gasteiger partial charge is 0.492 e. The fourth-order valence-corrected chi connectivity index (χ4v) is 1.93. The Morgan fingerprint density at radius 2 is 1.95 bits per heavy atom. The third-order valence-electron chi connectivity index (χ3n) is 3.35. The number of carboxylic acid groups (broad SMARTS) is 1. The Morgan fingerprint density at radius 1 is 1.32 bits per heavy atom. The van der Waals surface area contributed by atoms with Crippen LogP contribution in [0.1, 0.15) is 12.8 Å². The molecule has 1 aliphatic rings. The number of benzene rings is 1. The number of rotatable bonds is 6. The molecule has 0 unspecified atom stereocenters. The van der Waals surface area contributed by atoms with Crippen molar-refractivity contribution in [3.8, 4) is 5.75 Å². The van der Waals surface area contributed by atoms with E-state index in [1.807, 2.05) is 30.3 Å². The Hall–Kier alpha value is -2.04. The van der Waals surface area contributed by atoms with Crippen molar-refractivity contribution in [1.29, 1.82) is 0 Å². The van der Waals surface area contributed by atoms with Crippen LogP contribution in [0, 0.1) is 5.41 Å². The molecule has 1 saturated carbocycles. The molecule has 0 bridgehead atoms. The first-order chi connectivity index (χ1) is 9.06. The summed E-state index contributed by atoms with van der Waals surface area (Å²) in [6, 6.07) is 9.30. The molecule has 2 rings (SSSR count). The molecule has 1 N–H and O–H groups in total. The van der Waals surface area contributed by atoms with Crippen molar-refractivity contribution in [3.05, 3.63) is 30.3 Å². The molecule has 0 saturated heterocycles. The average molecular weight is 263 g/mol. The van der Waals surface area contributed by atoms with Crippen LogP contribution in [0.2, 0.25) is 0 Å². The van der Waals surface area contributed by atoms with Gasteiger partial charge < -0.3 is 14.7 Å². The van der Waals surface area contributed by atoms with Crippen LogP contribution in [0.5, 0.6) is 5.75 Å². The molecule has 0 radical (unpaired) electrons. The summed E-state index contributed by atoms with van der Waals surface area (Å²) < 4.78 is 5.48. The molecule has 1 aliphatic carbocycles. The van der Waals surface area contributed by atoms with Gasteiger partial charge in [-0.1, -0.05) is 18.2 Å². The second-order valence-corrected chi connectivity index (χ2v) is 4.78.